The smallest absolute Gasteiger partial charge is 0.320 e. The Hall–Kier alpha value is -1.94. The van der Waals surface area contributed by atoms with E-state index in [1.54, 1.807) is 6.92 Å². The molecule has 0 radical (unpaired) electrons. The third-order valence-corrected chi connectivity index (χ3v) is 3.34. The molecule has 0 saturated carbocycles. The van der Waals surface area contributed by atoms with E-state index in [2.05, 4.69) is 11.1 Å². The van der Waals surface area contributed by atoms with Crippen LogP contribution in [-0.4, -0.2) is 34.0 Å². The van der Waals surface area contributed by atoms with E-state index < -0.39 is 12.0 Å². The van der Waals surface area contributed by atoms with Gasteiger partial charge in [-0.1, -0.05) is 12.1 Å². The molecule has 0 fully saturated rings. The maximum absolute atomic E-state index is 10.9. The lowest BCUT2D eigenvalue weighted by atomic mass is 10.1. The zero-order valence-corrected chi connectivity index (χ0v) is 11.4. The number of aryl methyl sites for hydroxylation is 1. The van der Waals surface area contributed by atoms with Crippen LogP contribution in [0.4, 0.5) is 0 Å². The number of aliphatic carboxylic acids is 1. The summed E-state index contributed by atoms with van der Waals surface area (Å²) in [5.41, 5.74) is 3.06. The van der Waals surface area contributed by atoms with Crippen LogP contribution in [0.15, 0.2) is 30.3 Å². The van der Waals surface area contributed by atoms with E-state index in [9.17, 15) is 4.79 Å². The van der Waals surface area contributed by atoms with Gasteiger partial charge in [-0.3, -0.25) is 14.7 Å². The molecule has 0 aliphatic carbocycles. The van der Waals surface area contributed by atoms with Crippen molar-refractivity contribution in [3.8, 4) is 0 Å². The lowest BCUT2D eigenvalue weighted by molar-refractivity contribution is -0.142. The third kappa shape index (κ3) is 3.09. The van der Waals surface area contributed by atoms with Crippen molar-refractivity contribution in [3.05, 3.63) is 41.6 Å². The Kier molecular flexibility index (Phi) is 3.81. The van der Waals surface area contributed by atoms with Crippen molar-refractivity contribution >= 4 is 16.9 Å². The van der Waals surface area contributed by atoms with Gasteiger partial charge >= 0.3 is 5.97 Å². The second-order valence-corrected chi connectivity index (χ2v) is 4.91. The number of pyridine rings is 1. The summed E-state index contributed by atoms with van der Waals surface area (Å²) < 4.78 is 0. The van der Waals surface area contributed by atoms with Crippen LogP contribution >= 0.6 is 0 Å². The molecular formula is C15H18N2O2. The highest BCUT2D eigenvalue weighted by molar-refractivity contribution is 5.79. The predicted molar refractivity (Wildman–Crippen MR) is 75.0 cm³/mol. The Morgan fingerprint density at radius 1 is 1.37 bits per heavy atom. The van der Waals surface area contributed by atoms with Crippen LogP contribution in [0.1, 0.15) is 18.2 Å². The van der Waals surface area contributed by atoms with Gasteiger partial charge in [0.25, 0.3) is 0 Å². The molecule has 1 unspecified atom stereocenters. The van der Waals surface area contributed by atoms with Gasteiger partial charge in [0, 0.05) is 17.6 Å². The van der Waals surface area contributed by atoms with Gasteiger partial charge < -0.3 is 5.11 Å². The van der Waals surface area contributed by atoms with E-state index in [-0.39, 0.29) is 0 Å². The quantitative estimate of drug-likeness (QED) is 0.915. The Bertz CT molecular complexity index is 610. The molecule has 4 heteroatoms. The summed E-state index contributed by atoms with van der Waals surface area (Å²) in [6.07, 6.45) is 0. The lowest BCUT2D eigenvalue weighted by Crippen LogP contribution is -2.35. The monoisotopic (exact) mass is 258 g/mol. The molecular weight excluding hydrogens is 240 g/mol. The number of carbonyl (C=O) groups is 1. The standard InChI is InChI=1S/C15H18N2O2/c1-10-4-6-13-8-12(5-7-14(13)16-10)9-17(3)11(2)15(18)19/h4-8,11H,9H2,1-3H3,(H,18,19). The van der Waals surface area contributed by atoms with Gasteiger partial charge in [0.2, 0.25) is 0 Å². The summed E-state index contributed by atoms with van der Waals surface area (Å²) in [5, 5.41) is 10.1. The Labute approximate surface area is 112 Å². The van der Waals surface area contributed by atoms with E-state index in [1.807, 2.05) is 43.1 Å². The summed E-state index contributed by atoms with van der Waals surface area (Å²) in [6.45, 7) is 4.27. The summed E-state index contributed by atoms with van der Waals surface area (Å²) in [7, 11) is 1.82. The summed E-state index contributed by atoms with van der Waals surface area (Å²) in [4.78, 5) is 17.2. The highest BCUT2D eigenvalue weighted by Gasteiger charge is 2.16. The van der Waals surface area contributed by atoms with E-state index in [0.29, 0.717) is 6.54 Å². The van der Waals surface area contributed by atoms with Crippen LogP contribution in [0.25, 0.3) is 10.9 Å². The second kappa shape index (κ2) is 5.36. The van der Waals surface area contributed by atoms with Crippen LogP contribution in [0.5, 0.6) is 0 Å². The molecule has 0 spiro atoms. The number of fused-ring (bicyclic) bond motifs is 1. The summed E-state index contributed by atoms with van der Waals surface area (Å²) in [6, 6.07) is 9.58. The first-order chi connectivity index (χ1) is 8.97. The minimum atomic E-state index is -0.805. The SMILES string of the molecule is Cc1ccc2cc(CN(C)C(C)C(=O)O)ccc2n1. The normalized spacial score (nSPS) is 12.8. The van der Waals surface area contributed by atoms with E-state index in [0.717, 1.165) is 22.2 Å². The van der Waals surface area contributed by atoms with E-state index in [1.165, 1.54) is 0 Å². The second-order valence-electron chi connectivity index (χ2n) is 4.91. The summed E-state index contributed by atoms with van der Waals surface area (Å²) >= 11 is 0. The van der Waals surface area contributed by atoms with Crippen LogP contribution < -0.4 is 0 Å². The minimum Gasteiger partial charge on any atom is -0.480 e. The van der Waals surface area contributed by atoms with E-state index >= 15 is 0 Å². The van der Waals surface area contributed by atoms with Crippen LogP contribution in [-0.2, 0) is 11.3 Å². The summed E-state index contributed by atoms with van der Waals surface area (Å²) in [5.74, 6) is -0.805. The topological polar surface area (TPSA) is 53.4 Å². The van der Waals surface area contributed by atoms with Crippen LogP contribution in [0.3, 0.4) is 0 Å². The number of aromatic nitrogens is 1. The van der Waals surface area contributed by atoms with Gasteiger partial charge in [-0.15, -0.1) is 0 Å². The average molecular weight is 258 g/mol. The maximum Gasteiger partial charge on any atom is 0.320 e. The zero-order chi connectivity index (χ0) is 14.0. The third-order valence-electron chi connectivity index (χ3n) is 3.34. The lowest BCUT2D eigenvalue weighted by Gasteiger charge is -2.21. The molecule has 1 heterocycles. The molecule has 1 aromatic heterocycles. The molecule has 2 aromatic rings. The van der Waals surface area contributed by atoms with Crippen molar-refractivity contribution in [1.29, 1.82) is 0 Å². The number of hydrogen-bond donors (Lipinski definition) is 1. The molecule has 0 amide bonds. The molecule has 100 valence electrons. The van der Waals surface area contributed by atoms with Crippen LogP contribution in [0, 0.1) is 6.92 Å². The highest BCUT2D eigenvalue weighted by atomic mass is 16.4. The van der Waals surface area contributed by atoms with Crippen molar-refractivity contribution in [2.75, 3.05) is 7.05 Å². The Balaban J connectivity index is 2.22. The van der Waals surface area contributed by atoms with E-state index in [4.69, 9.17) is 5.11 Å². The molecule has 0 bridgehead atoms. The Morgan fingerprint density at radius 3 is 2.79 bits per heavy atom. The number of carboxylic acids is 1. The van der Waals surface area contributed by atoms with Crippen molar-refractivity contribution in [1.82, 2.24) is 9.88 Å². The van der Waals surface area contributed by atoms with Gasteiger partial charge in [0.15, 0.2) is 0 Å². The number of likely N-dealkylation sites (N-methyl/N-ethyl adjacent to an activating group) is 1. The number of benzene rings is 1. The molecule has 4 nitrogen and oxygen atoms in total. The molecule has 19 heavy (non-hydrogen) atoms. The van der Waals surface area contributed by atoms with Crippen LogP contribution in [0.2, 0.25) is 0 Å². The predicted octanol–water partition coefficient (Wildman–Crippen LogP) is 2.45. The average Bonchev–Trinajstić information content (AvgIpc) is 2.37. The van der Waals surface area contributed by atoms with Gasteiger partial charge in [-0.2, -0.15) is 0 Å². The van der Waals surface area contributed by atoms with Gasteiger partial charge in [-0.05, 0) is 44.7 Å². The number of nitrogens with zero attached hydrogens (tertiary/aromatic N) is 2. The van der Waals surface area contributed by atoms with Gasteiger partial charge in [0.05, 0.1) is 5.52 Å². The first-order valence-electron chi connectivity index (χ1n) is 6.26. The van der Waals surface area contributed by atoms with Crippen molar-refractivity contribution < 1.29 is 9.90 Å². The highest BCUT2D eigenvalue weighted by Crippen LogP contribution is 2.16. The van der Waals surface area contributed by atoms with Crippen molar-refractivity contribution in [2.24, 2.45) is 0 Å². The fourth-order valence-electron chi connectivity index (χ4n) is 1.99. The first-order valence-corrected chi connectivity index (χ1v) is 6.26. The largest absolute Gasteiger partial charge is 0.480 e. The minimum absolute atomic E-state index is 0.494. The Morgan fingerprint density at radius 2 is 2.11 bits per heavy atom. The van der Waals surface area contributed by atoms with Crippen molar-refractivity contribution in [3.63, 3.8) is 0 Å². The van der Waals surface area contributed by atoms with Gasteiger partial charge in [-0.25, -0.2) is 0 Å². The first kappa shape index (κ1) is 13.5. The van der Waals surface area contributed by atoms with Gasteiger partial charge in [0.1, 0.15) is 6.04 Å². The number of carboxylic acid groups (broad SMARTS) is 1. The molecule has 2 rings (SSSR count). The molecule has 0 aliphatic heterocycles. The molecule has 0 aliphatic rings. The molecule has 1 aromatic carbocycles. The molecule has 0 saturated heterocycles. The molecule has 1 atom stereocenters. The number of hydrogen-bond acceptors (Lipinski definition) is 3. The van der Waals surface area contributed by atoms with Crippen molar-refractivity contribution in [2.45, 2.75) is 26.4 Å². The molecule has 1 N–H and O–H groups in total. The number of rotatable bonds is 4. The zero-order valence-electron chi connectivity index (χ0n) is 11.4. The fraction of sp³-hybridized carbons (Fsp3) is 0.333. The maximum atomic E-state index is 10.9. The fourth-order valence-corrected chi connectivity index (χ4v) is 1.99.